The first-order valence-electron chi connectivity index (χ1n) is 5.57. The molecule has 2 aromatic carbocycles. The van der Waals surface area contributed by atoms with Gasteiger partial charge in [0.15, 0.2) is 0 Å². The zero-order chi connectivity index (χ0) is 12.2. The summed E-state index contributed by atoms with van der Waals surface area (Å²) in [6, 6.07) is 7.93. The molecule has 0 saturated carbocycles. The van der Waals surface area contributed by atoms with E-state index in [-0.39, 0.29) is 0 Å². The van der Waals surface area contributed by atoms with E-state index < -0.39 is 0 Å². The van der Waals surface area contributed by atoms with Crippen molar-refractivity contribution >= 4 is 33.3 Å². The fourth-order valence-electron chi connectivity index (χ4n) is 2.66. The van der Waals surface area contributed by atoms with Crippen LogP contribution in [0.25, 0.3) is 21.9 Å². The number of hydrogen-bond donors (Lipinski definition) is 2. The fraction of sp³-hybridized carbons (Fsp3) is 0.0667. The molecule has 0 aromatic heterocycles. The Morgan fingerprint density at radius 3 is 1.65 bits per heavy atom. The smallest absolute Gasteiger partial charge is 0.0477 e. The van der Waals surface area contributed by atoms with Gasteiger partial charge in [-0.2, -0.15) is 0 Å². The van der Waals surface area contributed by atoms with Crippen LogP contribution in [-0.4, -0.2) is 0 Å². The average molecular weight is 222 g/mol. The van der Waals surface area contributed by atoms with Crippen LogP contribution >= 0.6 is 0 Å². The summed E-state index contributed by atoms with van der Waals surface area (Å²) in [5.74, 6) is 0. The molecule has 0 fully saturated rings. The standard InChI is InChI=1S/C15H14N2/c1-8-7-9(2)13-12(8)14(16)10-5-3-4-6-11(10)15(13)17/h3-6H,1-2,7,16-17H2. The molecule has 0 unspecified atom stereocenters. The van der Waals surface area contributed by atoms with Crippen LogP contribution in [0.3, 0.4) is 0 Å². The Morgan fingerprint density at radius 2 is 1.24 bits per heavy atom. The highest BCUT2D eigenvalue weighted by atomic mass is 14.6. The molecule has 0 saturated heterocycles. The molecule has 2 nitrogen and oxygen atoms in total. The van der Waals surface area contributed by atoms with E-state index in [2.05, 4.69) is 13.2 Å². The van der Waals surface area contributed by atoms with Gasteiger partial charge in [0.05, 0.1) is 0 Å². The summed E-state index contributed by atoms with van der Waals surface area (Å²) in [7, 11) is 0. The third-order valence-electron chi connectivity index (χ3n) is 3.43. The summed E-state index contributed by atoms with van der Waals surface area (Å²) in [5.41, 5.74) is 18.0. The lowest BCUT2D eigenvalue weighted by molar-refractivity contribution is 1.54. The Bertz CT molecular complexity index is 622. The number of allylic oxidation sites excluding steroid dienone is 2. The number of nitrogens with two attached hydrogens (primary N) is 2. The molecule has 4 N–H and O–H groups in total. The third kappa shape index (κ3) is 1.15. The highest BCUT2D eigenvalue weighted by molar-refractivity contribution is 6.13. The van der Waals surface area contributed by atoms with E-state index in [1.54, 1.807) is 0 Å². The molecule has 0 bridgehead atoms. The first-order valence-corrected chi connectivity index (χ1v) is 5.57. The number of hydrogen-bond acceptors (Lipinski definition) is 2. The predicted octanol–water partition coefficient (Wildman–Crippen LogP) is 3.43. The van der Waals surface area contributed by atoms with Gasteiger partial charge in [-0.1, -0.05) is 37.4 Å². The van der Waals surface area contributed by atoms with Crippen molar-refractivity contribution in [3.8, 4) is 0 Å². The molecule has 2 heteroatoms. The van der Waals surface area contributed by atoms with Crippen molar-refractivity contribution in [2.45, 2.75) is 6.42 Å². The van der Waals surface area contributed by atoms with Gasteiger partial charge in [-0.05, 0) is 17.6 Å². The van der Waals surface area contributed by atoms with Gasteiger partial charge in [0.25, 0.3) is 0 Å². The van der Waals surface area contributed by atoms with Crippen molar-refractivity contribution in [3.05, 3.63) is 48.6 Å². The number of anilines is 2. The van der Waals surface area contributed by atoms with Crippen LogP contribution in [0.4, 0.5) is 11.4 Å². The van der Waals surface area contributed by atoms with Crippen molar-refractivity contribution in [2.24, 2.45) is 0 Å². The van der Waals surface area contributed by atoms with Crippen molar-refractivity contribution in [1.82, 2.24) is 0 Å². The molecule has 2 aromatic rings. The molecule has 0 atom stereocenters. The largest absolute Gasteiger partial charge is 0.398 e. The van der Waals surface area contributed by atoms with Crippen LogP contribution in [0.2, 0.25) is 0 Å². The number of rotatable bonds is 0. The van der Waals surface area contributed by atoms with E-state index in [4.69, 9.17) is 11.5 Å². The third-order valence-corrected chi connectivity index (χ3v) is 3.43. The second-order valence-electron chi connectivity index (χ2n) is 4.51. The van der Waals surface area contributed by atoms with Crippen LogP contribution in [0.15, 0.2) is 37.4 Å². The van der Waals surface area contributed by atoms with Gasteiger partial charge < -0.3 is 11.5 Å². The van der Waals surface area contributed by atoms with E-state index in [1.165, 1.54) is 0 Å². The normalized spacial score (nSPS) is 14.4. The minimum atomic E-state index is 0.764. The summed E-state index contributed by atoms with van der Waals surface area (Å²) in [4.78, 5) is 0. The summed E-state index contributed by atoms with van der Waals surface area (Å²) in [6.07, 6.45) is 0.764. The highest BCUT2D eigenvalue weighted by Gasteiger charge is 2.25. The van der Waals surface area contributed by atoms with Crippen LogP contribution in [0, 0.1) is 0 Å². The molecule has 0 spiro atoms. The SMILES string of the molecule is C=C1CC(=C)c2c1c(N)c1ccccc1c2N. The highest BCUT2D eigenvalue weighted by Crippen LogP contribution is 2.48. The molecule has 0 aliphatic heterocycles. The zero-order valence-electron chi connectivity index (χ0n) is 9.59. The maximum atomic E-state index is 6.23. The van der Waals surface area contributed by atoms with Crippen LogP contribution < -0.4 is 11.5 Å². The van der Waals surface area contributed by atoms with Crippen molar-refractivity contribution < 1.29 is 0 Å². The lowest BCUT2D eigenvalue weighted by Crippen LogP contribution is -2.00. The molecule has 17 heavy (non-hydrogen) atoms. The van der Waals surface area contributed by atoms with Gasteiger partial charge >= 0.3 is 0 Å². The van der Waals surface area contributed by atoms with Crippen molar-refractivity contribution in [2.75, 3.05) is 11.5 Å². The maximum absolute atomic E-state index is 6.23. The van der Waals surface area contributed by atoms with E-state index in [0.29, 0.717) is 0 Å². The average Bonchev–Trinajstić information content (AvgIpc) is 2.62. The van der Waals surface area contributed by atoms with E-state index >= 15 is 0 Å². The van der Waals surface area contributed by atoms with E-state index in [1.807, 2.05) is 24.3 Å². The van der Waals surface area contributed by atoms with E-state index in [9.17, 15) is 0 Å². The van der Waals surface area contributed by atoms with Crippen molar-refractivity contribution in [1.29, 1.82) is 0 Å². The van der Waals surface area contributed by atoms with Crippen LogP contribution in [0.5, 0.6) is 0 Å². The Kier molecular flexibility index (Phi) is 1.84. The monoisotopic (exact) mass is 222 g/mol. The molecule has 84 valence electrons. The van der Waals surface area contributed by atoms with Crippen molar-refractivity contribution in [3.63, 3.8) is 0 Å². The van der Waals surface area contributed by atoms with Crippen LogP contribution in [-0.2, 0) is 0 Å². The summed E-state index contributed by atoms with van der Waals surface area (Å²) in [5, 5.41) is 2.00. The Morgan fingerprint density at radius 1 is 0.824 bits per heavy atom. The van der Waals surface area contributed by atoms with Gasteiger partial charge in [0.2, 0.25) is 0 Å². The Labute approximate surface area is 100 Å². The topological polar surface area (TPSA) is 52.0 Å². The molecule has 0 radical (unpaired) electrons. The summed E-state index contributed by atoms with van der Waals surface area (Å²) >= 11 is 0. The second-order valence-corrected chi connectivity index (χ2v) is 4.51. The first kappa shape index (κ1) is 9.97. The number of benzene rings is 2. The van der Waals surface area contributed by atoms with E-state index in [0.717, 1.165) is 50.8 Å². The van der Waals surface area contributed by atoms with Gasteiger partial charge in [-0.25, -0.2) is 0 Å². The molecule has 0 heterocycles. The Balaban J connectivity index is 2.57. The summed E-state index contributed by atoms with van der Waals surface area (Å²) in [6.45, 7) is 8.12. The lowest BCUT2D eigenvalue weighted by atomic mass is 9.96. The van der Waals surface area contributed by atoms with Crippen LogP contribution in [0.1, 0.15) is 17.5 Å². The van der Waals surface area contributed by atoms with Gasteiger partial charge in [-0.15, -0.1) is 0 Å². The zero-order valence-corrected chi connectivity index (χ0v) is 9.59. The first-order chi connectivity index (χ1) is 8.11. The molecular weight excluding hydrogens is 208 g/mol. The Hall–Kier alpha value is -2.22. The van der Waals surface area contributed by atoms with Gasteiger partial charge in [0, 0.05) is 33.3 Å². The quantitative estimate of drug-likeness (QED) is 0.530. The lowest BCUT2D eigenvalue weighted by Gasteiger charge is -2.13. The molecular formula is C15H14N2. The van der Waals surface area contributed by atoms with Gasteiger partial charge in [-0.3, -0.25) is 0 Å². The molecule has 3 rings (SSSR count). The molecule has 1 aliphatic carbocycles. The molecule has 0 amide bonds. The van der Waals surface area contributed by atoms with Gasteiger partial charge in [0.1, 0.15) is 0 Å². The minimum absolute atomic E-state index is 0.764. The minimum Gasteiger partial charge on any atom is -0.398 e. The number of nitrogen functional groups attached to an aromatic ring is 2. The second kappa shape index (κ2) is 3.14. The molecule has 1 aliphatic rings. The maximum Gasteiger partial charge on any atom is 0.0477 e. The summed E-state index contributed by atoms with van der Waals surface area (Å²) < 4.78 is 0. The predicted molar refractivity (Wildman–Crippen MR) is 75.5 cm³/mol. The number of fused-ring (bicyclic) bond motifs is 2. The fourth-order valence-corrected chi connectivity index (χ4v) is 2.66.